The molecule has 48 heavy (non-hydrogen) atoms. The molecule has 2 atom stereocenters. The monoisotopic (exact) mass is 675 g/mol. The number of fused-ring (bicyclic) bond motifs is 2. The summed E-state index contributed by atoms with van der Waals surface area (Å²) >= 11 is 0. The summed E-state index contributed by atoms with van der Waals surface area (Å²) in [5, 5.41) is 17.8. The summed E-state index contributed by atoms with van der Waals surface area (Å²) in [6.07, 6.45) is 41.1. The van der Waals surface area contributed by atoms with Gasteiger partial charge in [-0.05, 0) is 76.5 Å². The lowest BCUT2D eigenvalue weighted by atomic mass is 9.92. The molecular formula is C42H74O6. The van der Waals surface area contributed by atoms with E-state index in [1.807, 2.05) is 6.92 Å². The fraction of sp³-hybridized carbons (Fsp3) is 0.881. The van der Waals surface area contributed by atoms with E-state index in [9.17, 15) is 14.4 Å². The van der Waals surface area contributed by atoms with Gasteiger partial charge in [-0.1, -0.05) is 147 Å². The SMILES string of the molecule is C1=CC2CCC1C2.CCOC(=O)C1CCCCCCCCC1.O=C(O)C1CCCCCCCCC1.O=C(O)C1CCCCCCCCC1. The van der Waals surface area contributed by atoms with Crippen LogP contribution in [0.1, 0.15) is 200 Å². The Kier molecular flexibility index (Phi) is 24.6. The number of aliphatic carboxylic acids is 2. The van der Waals surface area contributed by atoms with E-state index < -0.39 is 11.9 Å². The van der Waals surface area contributed by atoms with Gasteiger partial charge in [0, 0.05) is 0 Å². The number of ether oxygens (including phenoxy) is 1. The molecule has 2 bridgehead atoms. The van der Waals surface area contributed by atoms with Crippen molar-refractivity contribution in [3.63, 3.8) is 0 Å². The van der Waals surface area contributed by atoms with Crippen LogP contribution in [-0.2, 0) is 19.1 Å². The second-order valence-electron chi connectivity index (χ2n) is 15.4. The van der Waals surface area contributed by atoms with Crippen molar-refractivity contribution in [1.29, 1.82) is 0 Å². The first-order chi connectivity index (χ1) is 23.4. The summed E-state index contributed by atoms with van der Waals surface area (Å²) in [7, 11) is 0. The van der Waals surface area contributed by atoms with Gasteiger partial charge in [-0.25, -0.2) is 0 Å². The molecule has 0 aromatic carbocycles. The van der Waals surface area contributed by atoms with E-state index in [0.29, 0.717) is 6.61 Å². The minimum Gasteiger partial charge on any atom is -0.481 e. The Labute approximate surface area is 294 Å². The van der Waals surface area contributed by atoms with Crippen molar-refractivity contribution in [2.45, 2.75) is 200 Å². The Morgan fingerprint density at radius 2 is 0.729 bits per heavy atom. The molecule has 4 saturated carbocycles. The molecule has 278 valence electrons. The van der Waals surface area contributed by atoms with Crippen molar-refractivity contribution >= 4 is 17.9 Å². The Morgan fingerprint density at radius 3 is 0.938 bits per heavy atom. The van der Waals surface area contributed by atoms with Gasteiger partial charge < -0.3 is 14.9 Å². The van der Waals surface area contributed by atoms with Crippen LogP contribution < -0.4 is 0 Å². The molecule has 2 unspecified atom stereocenters. The lowest BCUT2D eigenvalue weighted by Crippen LogP contribution is -2.18. The molecule has 0 amide bonds. The number of carbonyl (C=O) groups is 3. The summed E-state index contributed by atoms with van der Waals surface area (Å²) < 4.78 is 5.11. The minimum atomic E-state index is -0.583. The highest BCUT2D eigenvalue weighted by molar-refractivity contribution is 5.72. The maximum absolute atomic E-state index is 11.6. The predicted molar refractivity (Wildman–Crippen MR) is 197 cm³/mol. The van der Waals surface area contributed by atoms with Crippen LogP contribution in [0.25, 0.3) is 0 Å². The van der Waals surface area contributed by atoms with Crippen molar-refractivity contribution in [3.05, 3.63) is 12.2 Å². The van der Waals surface area contributed by atoms with Crippen molar-refractivity contribution in [2.75, 3.05) is 6.61 Å². The number of esters is 1. The Bertz CT molecular complexity index is 790. The van der Waals surface area contributed by atoms with E-state index in [-0.39, 0.29) is 23.7 Å². The van der Waals surface area contributed by atoms with Crippen LogP contribution in [0.4, 0.5) is 0 Å². The molecule has 0 heterocycles. The molecule has 0 spiro atoms. The molecule has 6 heteroatoms. The molecule has 5 aliphatic carbocycles. The summed E-state index contributed by atoms with van der Waals surface area (Å²) in [5.74, 6) is 0.925. The van der Waals surface area contributed by atoms with Crippen molar-refractivity contribution in [2.24, 2.45) is 29.6 Å². The molecule has 5 aliphatic rings. The molecule has 0 radical (unpaired) electrons. The molecule has 6 nitrogen and oxygen atoms in total. The van der Waals surface area contributed by atoms with Crippen LogP contribution in [0, 0.1) is 29.6 Å². The number of allylic oxidation sites excluding steroid dienone is 2. The summed E-state index contributed by atoms with van der Waals surface area (Å²) in [5.41, 5.74) is 0. The highest BCUT2D eigenvalue weighted by Crippen LogP contribution is 2.38. The van der Waals surface area contributed by atoms with Gasteiger partial charge in [0.25, 0.3) is 0 Å². The Hall–Kier alpha value is -1.85. The number of carbonyl (C=O) groups excluding carboxylic acids is 1. The number of hydrogen-bond acceptors (Lipinski definition) is 4. The normalized spacial score (nSPS) is 25.4. The van der Waals surface area contributed by atoms with E-state index in [2.05, 4.69) is 12.2 Å². The van der Waals surface area contributed by atoms with E-state index in [1.165, 1.54) is 128 Å². The lowest BCUT2D eigenvalue weighted by Gasteiger charge is -2.16. The second-order valence-corrected chi connectivity index (χ2v) is 15.4. The van der Waals surface area contributed by atoms with E-state index in [4.69, 9.17) is 14.9 Å². The summed E-state index contributed by atoms with van der Waals surface area (Å²) in [4.78, 5) is 33.3. The quantitative estimate of drug-likeness (QED) is 0.227. The van der Waals surface area contributed by atoms with Crippen molar-refractivity contribution < 1.29 is 29.3 Å². The lowest BCUT2D eigenvalue weighted by molar-refractivity contribution is -0.148. The standard InChI is InChI=1S/C13H24O2.2C11H20O2.C7H10/c1-2-15-13(14)12-10-8-6-4-3-5-7-9-11-12;2*12-11(13)10-8-6-4-2-1-3-5-7-9-10;1-2-7-4-3-6(1)5-7/h12H,2-11H2,1H3;2*10H,1-9H2,(H,12,13);1-2,6-7H,3-5H2. The van der Waals surface area contributed by atoms with Crippen LogP contribution in [-0.4, -0.2) is 34.7 Å². The first-order valence-electron chi connectivity index (χ1n) is 20.7. The van der Waals surface area contributed by atoms with Gasteiger partial charge in [-0.2, -0.15) is 0 Å². The van der Waals surface area contributed by atoms with E-state index in [0.717, 1.165) is 76.0 Å². The van der Waals surface area contributed by atoms with E-state index >= 15 is 0 Å². The summed E-state index contributed by atoms with van der Waals surface area (Å²) in [6.45, 7) is 2.41. The van der Waals surface area contributed by atoms with Crippen LogP contribution >= 0.6 is 0 Å². The predicted octanol–water partition coefficient (Wildman–Crippen LogP) is 12.1. The average Bonchev–Trinajstić information content (AvgIpc) is 3.76. The van der Waals surface area contributed by atoms with Gasteiger partial charge in [-0.3, -0.25) is 14.4 Å². The van der Waals surface area contributed by atoms with Gasteiger partial charge in [0.15, 0.2) is 0 Å². The van der Waals surface area contributed by atoms with Crippen molar-refractivity contribution in [3.8, 4) is 0 Å². The van der Waals surface area contributed by atoms with Crippen LogP contribution in [0.3, 0.4) is 0 Å². The maximum Gasteiger partial charge on any atom is 0.308 e. The fourth-order valence-electron chi connectivity index (χ4n) is 8.14. The molecule has 2 N–H and O–H groups in total. The number of rotatable bonds is 4. The van der Waals surface area contributed by atoms with Gasteiger partial charge in [0.2, 0.25) is 0 Å². The molecular weight excluding hydrogens is 600 g/mol. The Balaban J connectivity index is 0.000000227. The molecule has 5 rings (SSSR count). The second kappa shape index (κ2) is 27.9. The molecule has 0 aromatic rings. The number of hydrogen-bond donors (Lipinski definition) is 2. The average molecular weight is 675 g/mol. The van der Waals surface area contributed by atoms with Crippen molar-refractivity contribution in [1.82, 2.24) is 0 Å². The zero-order valence-electron chi connectivity index (χ0n) is 31.0. The van der Waals surface area contributed by atoms with Crippen LogP contribution in [0.15, 0.2) is 12.2 Å². The number of carboxylic acid groups (broad SMARTS) is 2. The largest absolute Gasteiger partial charge is 0.481 e. The first kappa shape index (κ1) is 42.3. The van der Waals surface area contributed by atoms with Crippen LogP contribution in [0.5, 0.6) is 0 Å². The zero-order valence-corrected chi connectivity index (χ0v) is 31.0. The van der Waals surface area contributed by atoms with Crippen LogP contribution in [0.2, 0.25) is 0 Å². The molecule has 0 aliphatic heterocycles. The fourth-order valence-corrected chi connectivity index (χ4v) is 8.14. The van der Waals surface area contributed by atoms with Gasteiger partial charge in [0.1, 0.15) is 0 Å². The number of carboxylic acids is 2. The first-order valence-corrected chi connectivity index (χ1v) is 20.7. The van der Waals surface area contributed by atoms with Gasteiger partial charge in [-0.15, -0.1) is 0 Å². The molecule has 0 aromatic heterocycles. The molecule has 0 saturated heterocycles. The highest BCUT2D eigenvalue weighted by atomic mass is 16.5. The zero-order chi connectivity index (χ0) is 34.7. The molecule has 4 fully saturated rings. The van der Waals surface area contributed by atoms with E-state index in [1.54, 1.807) is 0 Å². The third kappa shape index (κ3) is 20.6. The summed E-state index contributed by atoms with van der Waals surface area (Å²) in [6, 6.07) is 0. The minimum absolute atomic E-state index is 0.0399. The third-order valence-electron chi connectivity index (χ3n) is 11.3. The Morgan fingerprint density at radius 1 is 0.458 bits per heavy atom. The van der Waals surface area contributed by atoms with Gasteiger partial charge >= 0.3 is 17.9 Å². The third-order valence-corrected chi connectivity index (χ3v) is 11.3. The topological polar surface area (TPSA) is 101 Å². The van der Waals surface area contributed by atoms with Gasteiger partial charge in [0.05, 0.1) is 24.4 Å². The highest BCUT2D eigenvalue weighted by Gasteiger charge is 2.25. The maximum atomic E-state index is 11.6. The smallest absolute Gasteiger partial charge is 0.308 e.